The second-order valence-electron chi connectivity index (χ2n) is 5.88. The summed E-state index contributed by atoms with van der Waals surface area (Å²) in [5, 5.41) is 0. The van der Waals surface area contributed by atoms with Crippen molar-refractivity contribution >= 4 is 0 Å². The molecule has 0 unspecified atom stereocenters. The number of ether oxygens (including phenoxy) is 1. The Kier molecular flexibility index (Phi) is 3.72. The van der Waals surface area contributed by atoms with Gasteiger partial charge in [-0.15, -0.1) is 0 Å². The molecule has 1 heterocycles. The van der Waals surface area contributed by atoms with Crippen LogP contribution < -0.4 is 4.74 Å². The summed E-state index contributed by atoms with van der Waals surface area (Å²) in [7, 11) is 6.39. The smallest absolute Gasteiger partial charge is 0.118 e. The number of nitrogens with zero attached hydrogens (tertiary/aromatic N) is 1. The van der Waals surface area contributed by atoms with Gasteiger partial charge in [-0.05, 0) is 42.9 Å². The molecule has 0 atom stereocenters. The molecule has 0 radical (unpaired) electrons. The lowest BCUT2D eigenvalue weighted by Gasteiger charge is -2.37. The van der Waals surface area contributed by atoms with Gasteiger partial charge in [-0.3, -0.25) is 0 Å². The van der Waals surface area contributed by atoms with Gasteiger partial charge in [-0.1, -0.05) is 12.1 Å². The molecule has 1 aliphatic heterocycles. The highest BCUT2D eigenvalue weighted by Crippen LogP contribution is 2.24. The lowest BCUT2D eigenvalue weighted by atomic mass is 9.89. The molecule has 2 heteroatoms. The van der Waals surface area contributed by atoms with Crippen molar-refractivity contribution in [1.29, 1.82) is 0 Å². The van der Waals surface area contributed by atoms with Gasteiger partial charge in [-0.25, -0.2) is 0 Å². The van der Waals surface area contributed by atoms with E-state index in [1.54, 1.807) is 7.11 Å². The van der Waals surface area contributed by atoms with Gasteiger partial charge in [0, 0.05) is 0 Å². The quantitative estimate of drug-likeness (QED) is 0.731. The molecule has 1 aromatic carbocycles. The number of piperidine rings is 1. The number of methoxy groups -OCH3 is 1. The predicted molar refractivity (Wildman–Crippen MR) is 71.3 cm³/mol. The van der Waals surface area contributed by atoms with Gasteiger partial charge in [0.1, 0.15) is 5.75 Å². The maximum absolute atomic E-state index is 5.18. The van der Waals surface area contributed by atoms with E-state index in [0.717, 1.165) is 11.7 Å². The van der Waals surface area contributed by atoms with Gasteiger partial charge < -0.3 is 9.22 Å². The van der Waals surface area contributed by atoms with Crippen LogP contribution in [0.15, 0.2) is 24.3 Å². The maximum Gasteiger partial charge on any atom is 0.118 e. The van der Waals surface area contributed by atoms with E-state index >= 15 is 0 Å². The predicted octanol–water partition coefficient (Wildman–Crippen LogP) is 2.72. The van der Waals surface area contributed by atoms with Gasteiger partial charge in [0.15, 0.2) is 0 Å². The fourth-order valence-electron chi connectivity index (χ4n) is 2.62. The summed E-state index contributed by atoms with van der Waals surface area (Å²) >= 11 is 0. The van der Waals surface area contributed by atoms with Crippen molar-refractivity contribution < 1.29 is 9.22 Å². The van der Waals surface area contributed by atoms with Crippen LogP contribution in [-0.2, 0) is 6.42 Å². The fourth-order valence-corrected chi connectivity index (χ4v) is 2.62. The van der Waals surface area contributed by atoms with Crippen LogP contribution in [0.25, 0.3) is 0 Å². The second-order valence-corrected chi connectivity index (χ2v) is 5.88. The molecule has 1 saturated heterocycles. The maximum atomic E-state index is 5.18. The zero-order valence-electron chi connectivity index (χ0n) is 11.3. The largest absolute Gasteiger partial charge is 0.497 e. The molecule has 1 fully saturated rings. The first-order valence-corrected chi connectivity index (χ1v) is 6.54. The third kappa shape index (κ3) is 3.47. The molecule has 0 bridgehead atoms. The summed E-state index contributed by atoms with van der Waals surface area (Å²) in [6.45, 7) is 2.64. The van der Waals surface area contributed by atoms with Crippen LogP contribution in [0.1, 0.15) is 18.4 Å². The SMILES string of the molecule is COc1ccc(CC2CC[N+](C)(C)CC2)cc1. The van der Waals surface area contributed by atoms with Crippen LogP contribution in [0.4, 0.5) is 0 Å². The topological polar surface area (TPSA) is 9.23 Å². The van der Waals surface area contributed by atoms with Crippen molar-refractivity contribution in [2.75, 3.05) is 34.3 Å². The first-order valence-electron chi connectivity index (χ1n) is 6.54. The van der Waals surface area contributed by atoms with Crippen LogP contribution in [0.3, 0.4) is 0 Å². The molecule has 1 aliphatic rings. The standard InChI is InChI=1S/C15H24NO/c1-16(2)10-8-14(9-11-16)12-13-4-6-15(17-3)7-5-13/h4-7,14H,8-12H2,1-3H3/q+1. The van der Waals surface area contributed by atoms with Crippen LogP contribution >= 0.6 is 0 Å². The van der Waals surface area contributed by atoms with Crippen molar-refractivity contribution in [1.82, 2.24) is 0 Å². The molecule has 2 rings (SSSR count). The number of rotatable bonds is 3. The van der Waals surface area contributed by atoms with E-state index in [0.29, 0.717) is 0 Å². The first-order chi connectivity index (χ1) is 8.09. The van der Waals surface area contributed by atoms with E-state index in [-0.39, 0.29) is 0 Å². The Morgan fingerprint density at radius 2 is 1.71 bits per heavy atom. The Bertz CT molecular complexity index is 346. The molecule has 0 N–H and O–H groups in total. The van der Waals surface area contributed by atoms with E-state index in [1.165, 1.54) is 42.4 Å². The Labute approximate surface area is 105 Å². The van der Waals surface area contributed by atoms with E-state index in [1.807, 2.05) is 0 Å². The van der Waals surface area contributed by atoms with E-state index in [4.69, 9.17) is 4.74 Å². The first kappa shape index (κ1) is 12.4. The normalized spacial score (nSPS) is 20.2. The van der Waals surface area contributed by atoms with E-state index < -0.39 is 0 Å². The molecule has 0 spiro atoms. The van der Waals surface area contributed by atoms with Crippen molar-refractivity contribution in [2.45, 2.75) is 19.3 Å². The Hall–Kier alpha value is -1.02. The van der Waals surface area contributed by atoms with Crippen molar-refractivity contribution in [3.8, 4) is 5.75 Å². The van der Waals surface area contributed by atoms with E-state index in [2.05, 4.69) is 38.4 Å². The Morgan fingerprint density at radius 3 is 2.24 bits per heavy atom. The number of hydrogen-bond acceptors (Lipinski definition) is 1. The number of likely N-dealkylation sites (tertiary alicyclic amines) is 1. The van der Waals surface area contributed by atoms with Crippen LogP contribution in [-0.4, -0.2) is 38.8 Å². The minimum atomic E-state index is 0.870. The summed E-state index contributed by atoms with van der Waals surface area (Å²) in [6.07, 6.45) is 3.95. The van der Waals surface area contributed by atoms with Crippen LogP contribution in [0.5, 0.6) is 5.75 Å². The molecule has 0 aliphatic carbocycles. The number of benzene rings is 1. The number of quaternary nitrogens is 1. The molecular weight excluding hydrogens is 210 g/mol. The summed E-state index contributed by atoms with van der Waals surface area (Å²) in [4.78, 5) is 0. The number of hydrogen-bond donors (Lipinski definition) is 0. The van der Waals surface area contributed by atoms with E-state index in [9.17, 15) is 0 Å². The second kappa shape index (κ2) is 5.09. The minimum Gasteiger partial charge on any atom is -0.497 e. The van der Waals surface area contributed by atoms with Gasteiger partial charge in [0.2, 0.25) is 0 Å². The van der Waals surface area contributed by atoms with Crippen molar-refractivity contribution in [2.24, 2.45) is 5.92 Å². The molecule has 0 amide bonds. The third-order valence-corrected chi connectivity index (χ3v) is 3.97. The summed E-state index contributed by atoms with van der Waals surface area (Å²) in [5.41, 5.74) is 1.45. The molecule has 17 heavy (non-hydrogen) atoms. The molecule has 0 aromatic heterocycles. The van der Waals surface area contributed by atoms with Crippen molar-refractivity contribution in [3.05, 3.63) is 29.8 Å². The lowest BCUT2D eigenvalue weighted by Crippen LogP contribution is -2.46. The summed E-state index contributed by atoms with van der Waals surface area (Å²) in [5.74, 6) is 1.82. The molecule has 94 valence electrons. The van der Waals surface area contributed by atoms with Crippen LogP contribution in [0.2, 0.25) is 0 Å². The summed E-state index contributed by atoms with van der Waals surface area (Å²) in [6, 6.07) is 8.54. The fraction of sp³-hybridized carbons (Fsp3) is 0.600. The highest BCUT2D eigenvalue weighted by molar-refractivity contribution is 5.27. The average Bonchev–Trinajstić information content (AvgIpc) is 2.33. The molecule has 1 aromatic rings. The van der Waals surface area contributed by atoms with Gasteiger partial charge in [0.05, 0.1) is 34.3 Å². The average molecular weight is 234 g/mol. The van der Waals surface area contributed by atoms with Crippen molar-refractivity contribution in [3.63, 3.8) is 0 Å². The van der Waals surface area contributed by atoms with Gasteiger partial charge in [-0.2, -0.15) is 0 Å². The zero-order chi connectivity index (χ0) is 12.3. The van der Waals surface area contributed by atoms with Crippen LogP contribution in [0, 0.1) is 5.92 Å². The third-order valence-electron chi connectivity index (χ3n) is 3.97. The summed E-state index contributed by atoms with van der Waals surface area (Å²) < 4.78 is 6.38. The molecule has 0 saturated carbocycles. The molecule has 2 nitrogen and oxygen atoms in total. The Balaban J connectivity index is 1.89. The monoisotopic (exact) mass is 234 g/mol. The highest BCUT2D eigenvalue weighted by atomic mass is 16.5. The highest BCUT2D eigenvalue weighted by Gasteiger charge is 2.25. The minimum absolute atomic E-state index is 0.870. The molecular formula is C15H24NO+. The van der Waals surface area contributed by atoms with Gasteiger partial charge >= 0.3 is 0 Å². The van der Waals surface area contributed by atoms with Gasteiger partial charge in [0.25, 0.3) is 0 Å². The Morgan fingerprint density at radius 1 is 1.12 bits per heavy atom. The zero-order valence-corrected chi connectivity index (χ0v) is 11.3. The lowest BCUT2D eigenvalue weighted by molar-refractivity contribution is -0.896.